The monoisotopic (exact) mass is 430 g/mol. The number of aromatic amines is 1. The number of carbonyl (C=O) groups excluding carboxylic acids is 1. The Kier molecular flexibility index (Phi) is 5.16. The minimum Gasteiger partial charge on any atom is -0.494 e. The average Bonchev–Trinajstić information content (AvgIpc) is 3.17. The molecule has 1 aromatic heterocycles. The van der Waals surface area contributed by atoms with Gasteiger partial charge in [-0.15, -0.1) is 0 Å². The van der Waals surface area contributed by atoms with Crippen LogP contribution in [-0.4, -0.2) is 28.9 Å². The third kappa shape index (κ3) is 3.57. The number of halogens is 1. The Hall–Kier alpha value is -3.24. The van der Waals surface area contributed by atoms with Crippen LogP contribution in [0.25, 0.3) is 10.9 Å². The number of fused-ring (bicyclic) bond motifs is 3. The summed E-state index contributed by atoms with van der Waals surface area (Å²) >= 11 is 6.18. The highest BCUT2D eigenvalue weighted by molar-refractivity contribution is 6.31. The highest BCUT2D eigenvalue weighted by Gasteiger charge is 2.35. The highest BCUT2D eigenvalue weighted by atomic mass is 35.5. The van der Waals surface area contributed by atoms with Crippen molar-refractivity contribution in [2.45, 2.75) is 19.4 Å². The molecule has 0 bridgehead atoms. The molecule has 0 radical (unpaired) electrons. The number of nitrogens with zero attached hydrogens (tertiary/aromatic N) is 1. The van der Waals surface area contributed by atoms with Crippen molar-refractivity contribution in [1.29, 1.82) is 0 Å². The molecule has 0 fully saturated rings. The molecule has 0 unspecified atom stereocenters. The minimum atomic E-state index is -0.233. The van der Waals surface area contributed by atoms with Crippen molar-refractivity contribution in [3.63, 3.8) is 0 Å². The Bertz CT molecular complexity index is 1260. The molecule has 0 saturated heterocycles. The molecule has 1 amide bonds. The second kappa shape index (κ2) is 8.12. The molecule has 31 heavy (non-hydrogen) atoms. The zero-order valence-electron chi connectivity index (χ0n) is 17.3. The molecule has 156 valence electrons. The average molecular weight is 431 g/mol. The van der Waals surface area contributed by atoms with Gasteiger partial charge in [0, 0.05) is 33.7 Å². The normalized spacial score (nSPS) is 15.7. The van der Waals surface area contributed by atoms with E-state index < -0.39 is 0 Å². The molecule has 5 rings (SSSR count). The summed E-state index contributed by atoms with van der Waals surface area (Å²) in [5.41, 5.74) is 5.05. The molecule has 0 saturated carbocycles. The largest absolute Gasteiger partial charge is 0.494 e. The van der Waals surface area contributed by atoms with E-state index in [0.717, 1.165) is 28.9 Å². The Morgan fingerprint density at radius 2 is 1.94 bits per heavy atom. The lowest BCUT2D eigenvalue weighted by Crippen LogP contribution is -2.40. The number of H-pyrrole nitrogens is 1. The number of benzene rings is 3. The molecule has 1 aliphatic heterocycles. The molecule has 4 nitrogen and oxygen atoms in total. The van der Waals surface area contributed by atoms with Crippen LogP contribution in [0.3, 0.4) is 0 Å². The standard InChI is InChI=1S/C26H23ClN2O2/c1-2-31-20-10-6-7-17(16-20)25-24-22(21-11-3-4-12-23(21)28-24)13-14-29(25)26(30)18-8-5-9-19(27)15-18/h3-12,15-16,25,28H,2,13-14H2,1H3/t25-/m0/s1. The van der Waals surface area contributed by atoms with Crippen LogP contribution in [0.2, 0.25) is 5.02 Å². The van der Waals surface area contributed by atoms with Crippen LogP contribution >= 0.6 is 11.6 Å². The lowest BCUT2D eigenvalue weighted by molar-refractivity contribution is 0.0691. The molecule has 0 spiro atoms. The van der Waals surface area contributed by atoms with E-state index in [1.807, 2.05) is 48.2 Å². The second-order valence-corrected chi connectivity index (χ2v) is 8.17. The number of hydrogen-bond donors (Lipinski definition) is 1. The first-order valence-electron chi connectivity index (χ1n) is 10.5. The molecule has 3 aromatic carbocycles. The minimum absolute atomic E-state index is 0.0291. The molecular weight excluding hydrogens is 408 g/mol. The summed E-state index contributed by atoms with van der Waals surface area (Å²) < 4.78 is 5.75. The molecular formula is C26H23ClN2O2. The van der Waals surface area contributed by atoms with Crippen LogP contribution in [-0.2, 0) is 6.42 Å². The summed E-state index contributed by atoms with van der Waals surface area (Å²) in [6.45, 7) is 3.19. The first-order chi connectivity index (χ1) is 15.2. The van der Waals surface area contributed by atoms with Gasteiger partial charge in [0.1, 0.15) is 5.75 Å². The lowest BCUT2D eigenvalue weighted by Gasteiger charge is -2.36. The van der Waals surface area contributed by atoms with Gasteiger partial charge in [0.2, 0.25) is 0 Å². The fourth-order valence-electron chi connectivity index (χ4n) is 4.53. The number of hydrogen-bond acceptors (Lipinski definition) is 2. The van der Waals surface area contributed by atoms with Crippen molar-refractivity contribution < 1.29 is 9.53 Å². The smallest absolute Gasteiger partial charge is 0.254 e. The van der Waals surface area contributed by atoms with Crippen molar-refractivity contribution in [2.75, 3.05) is 13.2 Å². The number of amides is 1. The van der Waals surface area contributed by atoms with Crippen LogP contribution in [0.5, 0.6) is 5.75 Å². The number of nitrogens with one attached hydrogen (secondary N) is 1. The van der Waals surface area contributed by atoms with Gasteiger partial charge in [0.05, 0.1) is 12.6 Å². The van der Waals surface area contributed by atoms with E-state index in [2.05, 4.69) is 29.2 Å². The van der Waals surface area contributed by atoms with E-state index >= 15 is 0 Å². The number of carbonyl (C=O) groups is 1. The second-order valence-electron chi connectivity index (χ2n) is 7.73. The number of ether oxygens (including phenoxy) is 1. The van der Waals surface area contributed by atoms with Crippen molar-refractivity contribution in [2.24, 2.45) is 0 Å². The van der Waals surface area contributed by atoms with Gasteiger partial charge in [-0.3, -0.25) is 4.79 Å². The van der Waals surface area contributed by atoms with Gasteiger partial charge in [-0.05, 0) is 60.9 Å². The van der Waals surface area contributed by atoms with Gasteiger partial charge in [-0.25, -0.2) is 0 Å². The van der Waals surface area contributed by atoms with Gasteiger partial charge in [0.25, 0.3) is 5.91 Å². The maximum absolute atomic E-state index is 13.6. The first-order valence-corrected chi connectivity index (χ1v) is 10.9. The quantitative estimate of drug-likeness (QED) is 0.431. The van der Waals surface area contributed by atoms with Crippen LogP contribution < -0.4 is 4.74 Å². The third-order valence-electron chi connectivity index (χ3n) is 5.85. The van der Waals surface area contributed by atoms with Gasteiger partial charge >= 0.3 is 0 Å². The fraction of sp³-hybridized carbons (Fsp3) is 0.192. The molecule has 1 aliphatic rings. The summed E-state index contributed by atoms with van der Waals surface area (Å²) in [5, 5.41) is 1.78. The summed E-state index contributed by atoms with van der Waals surface area (Å²) in [6, 6.07) is 23.3. The summed E-state index contributed by atoms with van der Waals surface area (Å²) in [4.78, 5) is 19.1. The van der Waals surface area contributed by atoms with E-state index in [9.17, 15) is 4.79 Å². The molecule has 2 heterocycles. The molecule has 1 N–H and O–H groups in total. The Labute approximate surface area is 186 Å². The van der Waals surface area contributed by atoms with Crippen LogP contribution in [0, 0.1) is 0 Å². The van der Waals surface area contributed by atoms with Crippen molar-refractivity contribution in [3.05, 3.63) is 100 Å². The van der Waals surface area contributed by atoms with Crippen molar-refractivity contribution >= 4 is 28.4 Å². The van der Waals surface area contributed by atoms with Gasteiger partial charge in [-0.1, -0.05) is 48.0 Å². The van der Waals surface area contributed by atoms with E-state index in [4.69, 9.17) is 16.3 Å². The maximum atomic E-state index is 13.6. The molecule has 4 aromatic rings. The van der Waals surface area contributed by atoms with Crippen molar-refractivity contribution in [3.8, 4) is 5.75 Å². The lowest BCUT2D eigenvalue weighted by atomic mass is 9.91. The zero-order chi connectivity index (χ0) is 21.4. The van der Waals surface area contributed by atoms with Crippen molar-refractivity contribution in [1.82, 2.24) is 9.88 Å². The highest BCUT2D eigenvalue weighted by Crippen LogP contribution is 2.40. The number of rotatable bonds is 4. The maximum Gasteiger partial charge on any atom is 0.254 e. The molecule has 1 atom stereocenters. The Morgan fingerprint density at radius 3 is 2.77 bits per heavy atom. The topological polar surface area (TPSA) is 45.3 Å². The van der Waals surface area contributed by atoms with E-state index in [1.54, 1.807) is 12.1 Å². The number of aromatic nitrogens is 1. The van der Waals surface area contributed by atoms with Crippen LogP contribution in [0.1, 0.15) is 40.1 Å². The fourth-order valence-corrected chi connectivity index (χ4v) is 4.72. The predicted molar refractivity (Wildman–Crippen MR) is 124 cm³/mol. The summed E-state index contributed by atoms with van der Waals surface area (Å²) in [7, 11) is 0. The molecule has 5 heteroatoms. The van der Waals surface area contributed by atoms with E-state index in [-0.39, 0.29) is 11.9 Å². The van der Waals surface area contributed by atoms with Gasteiger partial charge < -0.3 is 14.6 Å². The summed E-state index contributed by atoms with van der Waals surface area (Å²) in [5.74, 6) is 0.775. The Morgan fingerprint density at radius 1 is 1.10 bits per heavy atom. The number of para-hydroxylation sites is 1. The predicted octanol–water partition coefficient (Wildman–Crippen LogP) is 6.01. The van der Waals surface area contributed by atoms with Gasteiger partial charge in [-0.2, -0.15) is 0 Å². The molecule has 0 aliphatic carbocycles. The first kappa shape index (κ1) is 19.7. The zero-order valence-corrected chi connectivity index (χ0v) is 18.0. The van der Waals surface area contributed by atoms with E-state index in [1.165, 1.54) is 10.9 Å². The van der Waals surface area contributed by atoms with Crippen LogP contribution in [0.4, 0.5) is 0 Å². The summed E-state index contributed by atoms with van der Waals surface area (Å²) in [6.07, 6.45) is 0.799. The van der Waals surface area contributed by atoms with Crippen LogP contribution in [0.15, 0.2) is 72.8 Å². The van der Waals surface area contributed by atoms with E-state index in [0.29, 0.717) is 23.7 Å². The SMILES string of the molecule is CCOc1cccc([C@H]2c3[nH]c4ccccc4c3CCN2C(=O)c2cccc(Cl)c2)c1. The third-order valence-corrected chi connectivity index (χ3v) is 6.09. The van der Waals surface area contributed by atoms with Gasteiger partial charge in [0.15, 0.2) is 0 Å². The Balaban J connectivity index is 1.66.